The van der Waals surface area contributed by atoms with Gasteiger partial charge >= 0.3 is 0 Å². The van der Waals surface area contributed by atoms with Crippen LogP contribution in [0.25, 0.3) is 0 Å². The third kappa shape index (κ3) is 2.66. The van der Waals surface area contributed by atoms with E-state index in [2.05, 4.69) is 0 Å². The van der Waals surface area contributed by atoms with E-state index in [0.717, 1.165) is 0 Å². The zero-order valence-corrected chi connectivity index (χ0v) is 10.0. The number of hydrogen-bond donors (Lipinski definition) is 2. The summed E-state index contributed by atoms with van der Waals surface area (Å²) in [5.41, 5.74) is 6.30. The number of nitrogens with one attached hydrogen (secondary N) is 1. The lowest BCUT2D eigenvalue weighted by atomic mass is 10.3. The first-order chi connectivity index (χ1) is 7.47. The van der Waals surface area contributed by atoms with Gasteiger partial charge in [-0.2, -0.15) is 0 Å². The highest BCUT2D eigenvalue weighted by Gasteiger charge is 2.22. The van der Waals surface area contributed by atoms with Crippen LogP contribution in [-0.2, 0) is 9.73 Å². The van der Waals surface area contributed by atoms with Crippen LogP contribution in [0.5, 0.6) is 5.75 Å². The number of benzene rings is 1. The summed E-state index contributed by atoms with van der Waals surface area (Å²) in [4.78, 5) is 0.465. The van der Waals surface area contributed by atoms with Crippen LogP contribution >= 0.6 is 0 Å². The molecule has 1 aromatic rings. The van der Waals surface area contributed by atoms with Crippen LogP contribution < -0.4 is 10.5 Å². The van der Waals surface area contributed by atoms with Crippen LogP contribution in [0.1, 0.15) is 12.8 Å². The Morgan fingerprint density at radius 1 is 1.56 bits per heavy atom. The maximum absolute atomic E-state index is 11.6. The molecule has 5 heteroatoms. The van der Waals surface area contributed by atoms with Gasteiger partial charge in [-0.1, -0.05) is 0 Å². The zero-order chi connectivity index (χ0) is 11.8. The number of nitrogens with two attached hydrogens (primary N) is 1. The SMILES string of the molecule is CS(=N)(=O)c1ccc(N)c(OCC2CC2)c1. The fourth-order valence-electron chi connectivity index (χ4n) is 1.37. The number of anilines is 1. The number of nitrogen functional groups attached to an aromatic ring is 1. The minimum atomic E-state index is -2.70. The van der Waals surface area contributed by atoms with Crippen LogP contribution in [0, 0.1) is 10.7 Å². The van der Waals surface area contributed by atoms with Gasteiger partial charge in [0.15, 0.2) is 0 Å². The van der Waals surface area contributed by atoms with Crippen LogP contribution in [0.2, 0.25) is 0 Å². The predicted molar refractivity (Wildman–Crippen MR) is 64.1 cm³/mol. The second-order valence-corrected chi connectivity index (χ2v) is 6.46. The molecule has 0 amide bonds. The minimum Gasteiger partial charge on any atom is -0.491 e. The highest BCUT2D eigenvalue weighted by molar-refractivity contribution is 7.91. The summed E-state index contributed by atoms with van der Waals surface area (Å²) in [5, 5.41) is 0. The van der Waals surface area contributed by atoms with Crippen molar-refractivity contribution in [1.29, 1.82) is 4.78 Å². The third-order valence-electron chi connectivity index (χ3n) is 2.61. The highest BCUT2D eigenvalue weighted by Crippen LogP contribution is 2.31. The van der Waals surface area contributed by atoms with Crippen LogP contribution in [-0.4, -0.2) is 17.1 Å². The number of rotatable bonds is 4. The van der Waals surface area contributed by atoms with Gasteiger partial charge in [-0.3, -0.25) is 0 Å². The lowest BCUT2D eigenvalue weighted by Crippen LogP contribution is -2.03. The molecule has 0 bridgehead atoms. The maximum atomic E-state index is 11.6. The summed E-state index contributed by atoms with van der Waals surface area (Å²) in [5.74, 6) is 1.19. The van der Waals surface area contributed by atoms with Crippen molar-refractivity contribution in [3.63, 3.8) is 0 Å². The van der Waals surface area contributed by atoms with Crippen molar-refractivity contribution in [3.8, 4) is 5.75 Å². The van der Waals surface area contributed by atoms with E-state index in [1.54, 1.807) is 18.2 Å². The molecule has 0 aromatic heterocycles. The average Bonchev–Trinajstić information content (AvgIpc) is 2.98. The summed E-state index contributed by atoms with van der Waals surface area (Å²) in [6.07, 6.45) is 3.81. The van der Waals surface area contributed by atoms with Crippen LogP contribution in [0.3, 0.4) is 0 Å². The topological polar surface area (TPSA) is 76.2 Å². The molecule has 88 valence electrons. The van der Waals surface area contributed by atoms with Crippen molar-refractivity contribution < 1.29 is 8.95 Å². The van der Waals surface area contributed by atoms with Crippen molar-refractivity contribution >= 4 is 15.4 Å². The van der Waals surface area contributed by atoms with Gasteiger partial charge in [0.1, 0.15) is 5.75 Å². The molecule has 1 aliphatic rings. The quantitative estimate of drug-likeness (QED) is 0.791. The molecule has 1 unspecified atom stereocenters. The smallest absolute Gasteiger partial charge is 0.143 e. The van der Waals surface area contributed by atoms with E-state index in [0.29, 0.717) is 28.9 Å². The number of hydrogen-bond acceptors (Lipinski definition) is 4. The molecule has 0 aliphatic heterocycles. The van der Waals surface area contributed by atoms with E-state index < -0.39 is 9.73 Å². The Bertz CT molecular complexity index is 493. The highest BCUT2D eigenvalue weighted by atomic mass is 32.2. The van der Waals surface area contributed by atoms with Crippen LogP contribution in [0.4, 0.5) is 5.69 Å². The molecular formula is C11H16N2O2S. The first-order valence-corrected chi connectivity index (χ1v) is 7.19. The molecule has 1 saturated carbocycles. The summed E-state index contributed by atoms with van der Waals surface area (Å²) >= 11 is 0. The Balaban J connectivity index is 2.21. The van der Waals surface area contributed by atoms with Gasteiger partial charge in [0.05, 0.1) is 26.9 Å². The Labute approximate surface area is 95.8 Å². The van der Waals surface area contributed by atoms with Gasteiger partial charge in [-0.05, 0) is 37.0 Å². The van der Waals surface area contributed by atoms with E-state index in [9.17, 15) is 4.21 Å². The summed E-state index contributed by atoms with van der Waals surface area (Å²) in [6, 6.07) is 4.89. The summed E-state index contributed by atoms with van der Waals surface area (Å²) in [6.45, 7) is 0.663. The molecule has 1 aromatic carbocycles. The largest absolute Gasteiger partial charge is 0.491 e. The molecule has 4 nitrogen and oxygen atoms in total. The van der Waals surface area contributed by atoms with Crippen molar-refractivity contribution in [2.24, 2.45) is 5.92 Å². The van der Waals surface area contributed by atoms with Crippen molar-refractivity contribution in [1.82, 2.24) is 0 Å². The van der Waals surface area contributed by atoms with Gasteiger partial charge in [0.25, 0.3) is 0 Å². The Morgan fingerprint density at radius 3 is 2.81 bits per heavy atom. The third-order valence-corrected chi connectivity index (χ3v) is 3.76. The molecule has 1 atom stereocenters. The van der Waals surface area contributed by atoms with E-state index in [-0.39, 0.29) is 0 Å². The second kappa shape index (κ2) is 3.97. The van der Waals surface area contributed by atoms with Gasteiger partial charge in [-0.15, -0.1) is 0 Å². The van der Waals surface area contributed by atoms with Gasteiger partial charge in [0, 0.05) is 6.26 Å². The minimum absolute atomic E-state index is 0.465. The molecule has 1 fully saturated rings. The van der Waals surface area contributed by atoms with E-state index >= 15 is 0 Å². The average molecular weight is 240 g/mol. The van der Waals surface area contributed by atoms with Gasteiger partial charge in [0.2, 0.25) is 0 Å². The standard InChI is InChI=1S/C11H16N2O2S/c1-16(13,14)9-4-5-10(12)11(6-9)15-7-8-2-3-8/h4-6,8,13H,2-3,7,12H2,1H3. The molecule has 3 N–H and O–H groups in total. The molecule has 0 radical (unpaired) electrons. The predicted octanol–water partition coefficient (Wildman–Crippen LogP) is 2.09. The second-order valence-electron chi connectivity index (χ2n) is 4.30. The lowest BCUT2D eigenvalue weighted by Gasteiger charge is -2.10. The molecule has 0 saturated heterocycles. The van der Waals surface area contributed by atoms with E-state index in [1.807, 2.05) is 0 Å². The Morgan fingerprint density at radius 2 is 2.25 bits per heavy atom. The first kappa shape index (κ1) is 11.3. The lowest BCUT2D eigenvalue weighted by molar-refractivity contribution is 0.300. The van der Waals surface area contributed by atoms with Gasteiger partial charge in [-0.25, -0.2) is 8.99 Å². The molecule has 0 spiro atoms. The van der Waals surface area contributed by atoms with Crippen LogP contribution in [0.15, 0.2) is 23.1 Å². The fraction of sp³-hybridized carbons (Fsp3) is 0.455. The van der Waals surface area contributed by atoms with Crippen molar-refractivity contribution in [2.45, 2.75) is 17.7 Å². The fourth-order valence-corrected chi connectivity index (χ4v) is 2.03. The monoisotopic (exact) mass is 240 g/mol. The maximum Gasteiger partial charge on any atom is 0.143 e. The zero-order valence-electron chi connectivity index (χ0n) is 9.23. The van der Waals surface area contributed by atoms with Crippen molar-refractivity contribution in [3.05, 3.63) is 18.2 Å². The van der Waals surface area contributed by atoms with Crippen molar-refractivity contribution in [2.75, 3.05) is 18.6 Å². The van der Waals surface area contributed by atoms with E-state index in [1.165, 1.54) is 19.1 Å². The van der Waals surface area contributed by atoms with E-state index in [4.69, 9.17) is 15.3 Å². The normalized spacial score (nSPS) is 19.1. The first-order valence-electron chi connectivity index (χ1n) is 5.23. The number of ether oxygens (including phenoxy) is 1. The molecule has 1 aliphatic carbocycles. The molecule has 0 heterocycles. The molecule has 16 heavy (non-hydrogen) atoms. The van der Waals surface area contributed by atoms with Gasteiger partial charge < -0.3 is 10.5 Å². The molecular weight excluding hydrogens is 224 g/mol. The molecule has 2 rings (SSSR count). The Hall–Kier alpha value is -1.23. The Kier molecular flexibility index (Phi) is 2.80. The summed E-state index contributed by atoms with van der Waals surface area (Å²) in [7, 11) is -2.70. The summed E-state index contributed by atoms with van der Waals surface area (Å²) < 4.78 is 24.6.